The van der Waals surface area contributed by atoms with Crippen molar-refractivity contribution in [3.8, 4) is 0 Å². The molecule has 1 atom stereocenters. The molecule has 0 bridgehead atoms. The second-order valence-corrected chi connectivity index (χ2v) is 9.40. The number of benzene rings is 2. The van der Waals surface area contributed by atoms with Crippen molar-refractivity contribution < 1.29 is 19.2 Å². The Morgan fingerprint density at radius 2 is 1.74 bits per heavy atom. The molecular weight excluding hydrogens is 450 g/mol. The minimum Gasteiger partial charge on any atom is -0.274 e. The molecule has 1 unspecified atom stereocenters. The maximum Gasteiger partial charge on any atom is 0.273 e. The molecule has 1 aliphatic rings. The predicted molar refractivity (Wildman–Crippen MR) is 130 cm³/mol. The van der Waals surface area contributed by atoms with Gasteiger partial charge in [-0.3, -0.25) is 24.6 Å². The van der Waals surface area contributed by atoms with Gasteiger partial charge in [0.1, 0.15) is 6.04 Å². The summed E-state index contributed by atoms with van der Waals surface area (Å²) in [6, 6.07) is 18.1. The highest BCUT2D eigenvalue weighted by Gasteiger charge is 2.45. The molecule has 4 rings (SSSR count). The number of carbonyl (C=O) groups is 4. The first-order chi connectivity index (χ1) is 16.3. The molecule has 0 saturated carbocycles. The van der Waals surface area contributed by atoms with Crippen LogP contribution >= 0.6 is 11.3 Å². The van der Waals surface area contributed by atoms with Crippen LogP contribution in [-0.4, -0.2) is 34.7 Å². The highest BCUT2D eigenvalue weighted by atomic mass is 32.1. The number of nitrogens with one attached hydrogen (secondary N) is 1. The van der Waals surface area contributed by atoms with E-state index in [1.54, 1.807) is 42.5 Å². The van der Waals surface area contributed by atoms with Gasteiger partial charge < -0.3 is 0 Å². The Balaban J connectivity index is 1.61. The molecule has 0 aliphatic carbocycles. The number of amides is 4. The normalized spacial score (nSPS) is 15.6. The van der Waals surface area contributed by atoms with E-state index in [9.17, 15) is 19.2 Å². The maximum absolute atomic E-state index is 13.4. The zero-order valence-electron chi connectivity index (χ0n) is 18.9. The predicted octanol–water partition coefficient (Wildman–Crippen LogP) is 3.92. The van der Waals surface area contributed by atoms with Crippen molar-refractivity contribution in [2.75, 3.05) is 4.90 Å². The Labute approximate surface area is 202 Å². The maximum atomic E-state index is 13.4. The summed E-state index contributed by atoms with van der Waals surface area (Å²) in [4.78, 5) is 54.2. The molecule has 3 aromatic rings. The van der Waals surface area contributed by atoms with Gasteiger partial charge >= 0.3 is 0 Å². The molecular formula is C26H25N3O4S. The van der Waals surface area contributed by atoms with E-state index in [2.05, 4.69) is 19.3 Å². The number of imide groups is 1. The monoisotopic (exact) mass is 475 g/mol. The van der Waals surface area contributed by atoms with Crippen molar-refractivity contribution in [1.29, 1.82) is 0 Å². The molecule has 0 radical (unpaired) electrons. The lowest BCUT2D eigenvalue weighted by Gasteiger charge is -2.28. The van der Waals surface area contributed by atoms with E-state index in [-0.39, 0.29) is 12.8 Å². The van der Waals surface area contributed by atoms with Crippen LogP contribution in [0.3, 0.4) is 0 Å². The first-order valence-corrected chi connectivity index (χ1v) is 11.9. The molecule has 4 amide bonds. The lowest BCUT2D eigenvalue weighted by molar-refractivity contribution is -0.128. The van der Waals surface area contributed by atoms with Crippen LogP contribution in [0.1, 0.15) is 47.0 Å². The third-order valence-electron chi connectivity index (χ3n) is 5.65. The first-order valence-electron chi connectivity index (χ1n) is 11.0. The molecule has 0 spiro atoms. The Bertz CT molecular complexity index is 1190. The second kappa shape index (κ2) is 10.0. The van der Waals surface area contributed by atoms with E-state index >= 15 is 0 Å². The van der Waals surface area contributed by atoms with Crippen molar-refractivity contribution >= 4 is 40.7 Å². The van der Waals surface area contributed by atoms with Gasteiger partial charge in [-0.15, -0.1) is 11.3 Å². The van der Waals surface area contributed by atoms with Crippen LogP contribution in [-0.2, 0) is 20.8 Å². The summed E-state index contributed by atoms with van der Waals surface area (Å²) in [6.45, 7) is 4.12. The van der Waals surface area contributed by atoms with Gasteiger partial charge in [-0.2, -0.15) is 0 Å². The van der Waals surface area contributed by atoms with Gasteiger partial charge in [0.25, 0.3) is 11.8 Å². The molecule has 1 fully saturated rings. The molecule has 1 saturated heterocycles. The highest BCUT2D eigenvalue weighted by Crippen LogP contribution is 2.27. The lowest BCUT2D eigenvalue weighted by Crippen LogP contribution is -2.55. The Morgan fingerprint density at radius 1 is 1.03 bits per heavy atom. The van der Waals surface area contributed by atoms with Crippen LogP contribution in [0.4, 0.5) is 5.69 Å². The molecule has 1 aromatic heterocycles. The molecule has 1 N–H and O–H groups in total. The minimum absolute atomic E-state index is 0.0610. The molecule has 8 heteroatoms. The molecule has 34 heavy (non-hydrogen) atoms. The Hall–Kier alpha value is -3.78. The van der Waals surface area contributed by atoms with E-state index in [1.165, 1.54) is 11.3 Å². The first kappa shape index (κ1) is 23.4. The fraction of sp³-hybridized carbons (Fsp3) is 0.231. The van der Waals surface area contributed by atoms with Gasteiger partial charge in [0.2, 0.25) is 11.8 Å². The van der Waals surface area contributed by atoms with Crippen molar-refractivity contribution in [1.82, 2.24) is 10.4 Å². The van der Waals surface area contributed by atoms with Gasteiger partial charge in [-0.1, -0.05) is 50.2 Å². The molecule has 1 aliphatic heterocycles. The summed E-state index contributed by atoms with van der Waals surface area (Å²) in [5.74, 6) is -1.66. The van der Waals surface area contributed by atoms with Crippen molar-refractivity contribution in [3.05, 3.63) is 88.1 Å². The third-order valence-corrected chi connectivity index (χ3v) is 6.53. The average molecular weight is 476 g/mol. The molecule has 7 nitrogen and oxygen atoms in total. The number of thiophene rings is 1. The van der Waals surface area contributed by atoms with Crippen LogP contribution < -0.4 is 10.3 Å². The van der Waals surface area contributed by atoms with Crippen LogP contribution in [0.25, 0.3) is 0 Å². The fourth-order valence-corrected chi connectivity index (χ4v) is 4.54. The lowest BCUT2D eigenvalue weighted by atomic mass is 10.0. The molecule has 2 aromatic carbocycles. The Kier molecular flexibility index (Phi) is 6.88. The number of rotatable bonds is 6. The topological polar surface area (TPSA) is 86.8 Å². The van der Waals surface area contributed by atoms with Gasteiger partial charge in [0, 0.05) is 10.4 Å². The van der Waals surface area contributed by atoms with Gasteiger partial charge in [-0.25, -0.2) is 9.91 Å². The number of hydrogen-bond donors (Lipinski definition) is 1. The summed E-state index contributed by atoms with van der Waals surface area (Å²) in [6.07, 6.45) is -0.159. The zero-order chi connectivity index (χ0) is 24.2. The minimum atomic E-state index is -1.14. The third kappa shape index (κ3) is 4.92. The number of anilines is 1. The Morgan fingerprint density at radius 3 is 2.35 bits per heavy atom. The van der Waals surface area contributed by atoms with Gasteiger partial charge in [-0.05, 0) is 47.2 Å². The summed E-state index contributed by atoms with van der Waals surface area (Å²) < 4.78 is 0. The van der Waals surface area contributed by atoms with Gasteiger partial charge in [0.15, 0.2) is 0 Å². The van der Waals surface area contributed by atoms with Crippen LogP contribution in [0, 0.1) is 0 Å². The number of nitrogens with zero attached hydrogens (tertiary/aromatic N) is 2. The van der Waals surface area contributed by atoms with Crippen molar-refractivity contribution in [2.24, 2.45) is 0 Å². The van der Waals surface area contributed by atoms with Crippen molar-refractivity contribution in [3.63, 3.8) is 0 Å². The summed E-state index contributed by atoms with van der Waals surface area (Å²) in [5, 5.41) is 2.87. The highest BCUT2D eigenvalue weighted by molar-refractivity contribution is 7.10. The van der Waals surface area contributed by atoms with E-state index in [0.29, 0.717) is 17.2 Å². The smallest absolute Gasteiger partial charge is 0.273 e. The summed E-state index contributed by atoms with van der Waals surface area (Å²) in [7, 11) is 0. The fourth-order valence-electron chi connectivity index (χ4n) is 3.83. The van der Waals surface area contributed by atoms with Crippen LogP contribution in [0.2, 0.25) is 0 Å². The van der Waals surface area contributed by atoms with Crippen LogP contribution in [0.5, 0.6) is 0 Å². The summed E-state index contributed by atoms with van der Waals surface area (Å²) >= 11 is 1.42. The van der Waals surface area contributed by atoms with E-state index < -0.39 is 29.7 Å². The largest absolute Gasteiger partial charge is 0.274 e. The quantitative estimate of drug-likeness (QED) is 0.433. The average Bonchev–Trinajstić information content (AvgIpc) is 3.44. The van der Waals surface area contributed by atoms with Crippen LogP contribution in [0.15, 0.2) is 72.1 Å². The summed E-state index contributed by atoms with van der Waals surface area (Å²) in [5.41, 5.74) is 4.43. The van der Waals surface area contributed by atoms with E-state index in [1.807, 2.05) is 29.6 Å². The number of carbonyl (C=O) groups excluding carboxylic acids is 4. The second-order valence-electron chi connectivity index (χ2n) is 8.37. The van der Waals surface area contributed by atoms with Crippen molar-refractivity contribution in [2.45, 2.75) is 38.6 Å². The van der Waals surface area contributed by atoms with E-state index in [0.717, 1.165) is 20.3 Å². The van der Waals surface area contributed by atoms with E-state index in [4.69, 9.17) is 0 Å². The SMILES string of the molecule is CC(C)c1ccc(N2C(=O)CC(N(NC(=O)Cc3cccs3)C(=O)c3ccccc3)C2=O)cc1. The molecule has 174 valence electrons. The molecule has 2 heterocycles. The zero-order valence-corrected chi connectivity index (χ0v) is 19.7. The number of hydrogen-bond acceptors (Lipinski definition) is 5. The number of hydrazine groups is 1. The van der Waals surface area contributed by atoms with Gasteiger partial charge in [0.05, 0.1) is 18.5 Å². The standard InChI is InChI=1S/C26H25N3O4S/c1-17(2)18-10-12-20(13-11-18)28-24(31)16-22(26(28)33)29(25(32)19-7-4-3-5-8-19)27-23(30)15-21-9-6-14-34-21/h3-14,17,22H,15-16H2,1-2H3,(H,27,30).